The van der Waals surface area contributed by atoms with Crippen molar-refractivity contribution in [3.8, 4) is 17.2 Å². The van der Waals surface area contributed by atoms with Crippen LogP contribution in [0.4, 0.5) is 0 Å². The molecule has 0 amide bonds. The Balaban J connectivity index is 0.00000300. The molecule has 0 unspecified atom stereocenters. The lowest BCUT2D eigenvalue weighted by Crippen LogP contribution is -3.00. The molecule has 0 bridgehead atoms. The average Bonchev–Trinajstić information content (AvgIpc) is 2.74. The number of methoxy groups -OCH3 is 2. The molecule has 6 heteroatoms. The van der Waals surface area contributed by atoms with Crippen molar-refractivity contribution in [1.29, 1.82) is 0 Å². The number of rotatable bonds is 9. The first-order valence-corrected chi connectivity index (χ1v) is 9.44. The maximum absolute atomic E-state index is 6.09. The van der Waals surface area contributed by atoms with Crippen molar-refractivity contribution < 1.29 is 26.6 Å². The van der Waals surface area contributed by atoms with Crippen molar-refractivity contribution >= 4 is 11.6 Å². The molecule has 1 N–H and O–H groups in total. The summed E-state index contributed by atoms with van der Waals surface area (Å²) in [6.45, 7) is 1.86. The molecule has 4 nitrogen and oxygen atoms in total. The van der Waals surface area contributed by atoms with Gasteiger partial charge >= 0.3 is 0 Å². The van der Waals surface area contributed by atoms with E-state index in [0.29, 0.717) is 18.2 Å². The van der Waals surface area contributed by atoms with Crippen LogP contribution in [0.15, 0.2) is 66.7 Å². The second-order valence-corrected chi connectivity index (χ2v) is 6.75. The number of hydrogen-bond donors (Lipinski definition) is 1. The molecule has 0 aliphatic rings. The van der Waals surface area contributed by atoms with Crippen molar-refractivity contribution in [3.05, 3.63) is 88.4 Å². The smallest absolute Gasteiger partial charge is 0.166 e. The van der Waals surface area contributed by atoms with E-state index in [-0.39, 0.29) is 12.4 Å². The van der Waals surface area contributed by atoms with E-state index in [1.807, 2.05) is 54.6 Å². The summed E-state index contributed by atoms with van der Waals surface area (Å²) >= 11 is 5.95. The average molecular weight is 433 g/mol. The number of hydrogen-bond acceptors (Lipinski definition) is 4. The Morgan fingerprint density at radius 1 is 0.793 bits per heavy atom. The van der Waals surface area contributed by atoms with E-state index in [1.54, 1.807) is 14.2 Å². The molecule has 0 aromatic heterocycles. The Morgan fingerprint density at radius 2 is 1.48 bits per heavy atom. The van der Waals surface area contributed by atoms with Gasteiger partial charge in [0.1, 0.15) is 12.4 Å². The van der Waals surface area contributed by atoms with Gasteiger partial charge in [0.2, 0.25) is 0 Å². The van der Waals surface area contributed by atoms with Gasteiger partial charge in [0.25, 0.3) is 0 Å². The first-order chi connectivity index (χ1) is 13.7. The molecule has 0 saturated heterocycles. The van der Waals surface area contributed by atoms with E-state index >= 15 is 0 Å². The zero-order chi connectivity index (χ0) is 19.8. The minimum absolute atomic E-state index is 0. The Morgan fingerprint density at radius 3 is 2.14 bits per heavy atom. The van der Waals surface area contributed by atoms with Crippen LogP contribution < -0.4 is 31.9 Å². The highest BCUT2D eigenvalue weighted by atomic mass is 35.5. The van der Waals surface area contributed by atoms with Gasteiger partial charge in [0.15, 0.2) is 11.5 Å². The third kappa shape index (κ3) is 6.57. The van der Waals surface area contributed by atoms with Crippen LogP contribution in [0.5, 0.6) is 17.2 Å². The summed E-state index contributed by atoms with van der Waals surface area (Å²) in [6.07, 6.45) is 0. The molecule has 0 radical (unpaired) electrons. The highest BCUT2D eigenvalue weighted by molar-refractivity contribution is 6.30. The van der Waals surface area contributed by atoms with Gasteiger partial charge in [0.05, 0.1) is 14.2 Å². The Hall–Kier alpha value is -2.40. The monoisotopic (exact) mass is 432 g/mol. The van der Waals surface area contributed by atoms with Crippen LogP contribution in [-0.2, 0) is 19.7 Å². The number of ether oxygens (including phenoxy) is 3. The van der Waals surface area contributed by atoms with E-state index in [0.717, 1.165) is 34.9 Å². The molecule has 0 aliphatic carbocycles. The van der Waals surface area contributed by atoms with E-state index in [9.17, 15) is 0 Å². The summed E-state index contributed by atoms with van der Waals surface area (Å²) in [7, 11) is 3.32. The number of benzene rings is 3. The second-order valence-electron chi connectivity index (χ2n) is 6.32. The number of nitrogens with one attached hydrogen (secondary N) is 1. The van der Waals surface area contributed by atoms with Gasteiger partial charge in [-0.1, -0.05) is 48.0 Å². The SMILES string of the molecule is COc1ccc(CNCc2cccc(OC)c2OCc2ccc(Cl)cc2)cc1.[Cl-]. The standard InChI is InChI=1S/C23H24ClNO3.ClH/c1-26-21-12-8-17(9-13-21)14-25-15-19-4-3-5-22(27-2)23(19)28-16-18-6-10-20(24)11-7-18;/h3-13,25H,14-16H2,1-2H3;1H/p-1. The van der Waals surface area contributed by atoms with Crippen LogP contribution in [0.2, 0.25) is 5.02 Å². The summed E-state index contributed by atoms with van der Waals surface area (Å²) in [5.74, 6) is 2.33. The Bertz CT molecular complexity index is 884. The molecule has 3 rings (SSSR count). The molecule has 0 spiro atoms. The molecule has 0 atom stereocenters. The maximum Gasteiger partial charge on any atom is 0.166 e. The summed E-state index contributed by atoms with van der Waals surface area (Å²) in [4.78, 5) is 0. The van der Waals surface area contributed by atoms with Gasteiger partial charge in [-0.25, -0.2) is 0 Å². The lowest BCUT2D eigenvalue weighted by molar-refractivity contribution is -0.00000643. The number of para-hydroxylation sites is 1. The predicted molar refractivity (Wildman–Crippen MR) is 112 cm³/mol. The van der Waals surface area contributed by atoms with Crippen molar-refractivity contribution in [2.24, 2.45) is 0 Å². The summed E-state index contributed by atoms with van der Waals surface area (Å²) in [5, 5.41) is 4.17. The Kier molecular flexibility index (Phi) is 9.13. The lowest BCUT2D eigenvalue weighted by atomic mass is 10.1. The maximum atomic E-state index is 6.09. The molecule has 0 heterocycles. The van der Waals surface area contributed by atoms with Crippen LogP contribution in [0.25, 0.3) is 0 Å². The first kappa shape index (κ1) is 22.9. The fraction of sp³-hybridized carbons (Fsp3) is 0.217. The van der Waals surface area contributed by atoms with Gasteiger partial charge in [-0.05, 0) is 41.5 Å². The molecule has 3 aromatic rings. The van der Waals surface area contributed by atoms with Crippen LogP contribution in [-0.4, -0.2) is 14.2 Å². The van der Waals surface area contributed by atoms with Crippen LogP contribution in [0, 0.1) is 0 Å². The van der Waals surface area contributed by atoms with Gasteiger partial charge in [-0.15, -0.1) is 0 Å². The van der Waals surface area contributed by atoms with Crippen LogP contribution in [0.3, 0.4) is 0 Å². The molecular formula is C23H24Cl2NO3-. The van der Waals surface area contributed by atoms with Gasteiger partial charge in [-0.3, -0.25) is 0 Å². The quantitative estimate of drug-likeness (QED) is 0.562. The molecule has 154 valence electrons. The van der Waals surface area contributed by atoms with E-state index in [2.05, 4.69) is 17.4 Å². The van der Waals surface area contributed by atoms with Crippen molar-refractivity contribution in [2.75, 3.05) is 14.2 Å². The molecule has 0 aliphatic heterocycles. The zero-order valence-corrected chi connectivity index (χ0v) is 18.0. The summed E-state index contributed by atoms with van der Waals surface area (Å²) in [5.41, 5.74) is 3.28. The first-order valence-electron chi connectivity index (χ1n) is 9.06. The van der Waals surface area contributed by atoms with E-state index in [1.165, 1.54) is 5.56 Å². The molecule has 3 aromatic carbocycles. The largest absolute Gasteiger partial charge is 1.00 e. The van der Waals surface area contributed by atoms with Crippen LogP contribution in [0.1, 0.15) is 16.7 Å². The highest BCUT2D eigenvalue weighted by Gasteiger charge is 2.11. The molecule has 0 saturated carbocycles. The third-order valence-corrected chi connectivity index (χ3v) is 4.63. The van der Waals surface area contributed by atoms with Crippen molar-refractivity contribution in [3.63, 3.8) is 0 Å². The Labute approximate surface area is 183 Å². The highest BCUT2D eigenvalue weighted by Crippen LogP contribution is 2.32. The topological polar surface area (TPSA) is 39.7 Å². The molecule has 29 heavy (non-hydrogen) atoms. The van der Waals surface area contributed by atoms with E-state index < -0.39 is 0 Å². The van der Waals surface area contributed by atoms with Crippen molar-refractivity contribution in [1.82, 2.24) is 5.32 Å². The minimum atomic E-state index is 0. The normalized spacial score (nSPS) is 10.2. The summed E-state index contributed by atoms with van der Waals surface area (Å²) < 4.78 is 16.8. The van der Waals surface area contributed by atoms with Crippen molar-refractivity contribution in [2.45, 2.75) is 19.7 Å². The molecular weight excluding hydrogens is 409 g/mol. The third-order valence-electron chi connectivity index (χ3n) is 4.38. The summed E-state index contributed by atoms with van der Waals surface area (Å²) in [6, 6.07) is 21.6. The lowest BCUT2D eigenvalue weighted by Gasteiger charge is -2.16. The predicted octanol–water partition coefficient (Wildman–Crippen LogP) is 2.23. The van der Waals surface area contributed by atoms with Gasteiger partial charge in [0, 0.05) is 23.7 Å². The molecule has 0 fully saturated rings. The fourth-order valence-corrected chi connectivity index (χ4v) is 2.97. The van der Waals surface area contributed by atoms with E-state index in [4.69, 9.17) is 25.8 Å². The minimum Gasteiger partial charge on any atom is -1.00 e. The zero-order valence-electron chi connectivity index (χ0n) is 16.5. The second kappa shape index (κ2) is 11.6. The van der Waals surface area contributed by atoms with Gasteiger partial charge in [-0.2, -0.15) is 0 Å². The van der Waals surface area contributed by atoms with Gasteiger partial charge < -0.3 is 31.9 Å². The number of halogens is 2. The van der Waals surface area contributed by atoms with Crippen LogP contribution >= 0.6 is 11.6 Å². The fourth-order valence-electron chi connectivity index (χ4n) is 2.85.